The van der Waals surface area contributed by atoms with Gasteiger partial charge in [0.25, 0.3) is 0 Å². The number of hydrogen-bond donors (Lipinski definition) is 0. The Morgan fingerprint density at radius 3 is 1.11 bits per heavy atom. The van der Waals surface area contributed by atoms with Crippen molar-refractivity contribution in [3.8, 4) is 11.5 Å². The van der Waals surface area contributed by atoms with Crippen LogP contribution in [0.5, 0.6) is 11.5 Å². The van der Waals surface area contributed by atoms with Crippen LogP contribution in [0.3, 0.4) is 0 Å². The Labute approximate surface area is 210 Å². The molecule has 0 spiro atoms. The zero-order valence-corrected chi connectivity index (χ0v) is 20.2. The Kier molecular flexibility index (Phi) is 7.47. The van der Waals surface area contributed by atoms with Gasteiger partial charge >= 0.3 is 0 Å². The van der Waals surface area contributed by atoms with Gasteiger partial charge in [0, 0.05) is 0 Å². The number of ether oxygens (including phenoxy) is 2. The van der Waals surface area contributed by atoms with Crippen LogP contribution in [-0.4, -0.2) is 0 Å². The van der Waals surface area contributed by atoms with E-state index in [9.17, 15) is 0 Å². The van der Waals surface area contributed by atoms with E-state index in [0.717, 1.165) is 22.6 Å². The van der Waals surface area contributed by atoms with Crippen molar-refractivity contribution >= 4 is 10.9 Å². The maximum atomic E-state index is 6.00. The van der Waals surface area contributed by atoms with Gasteiger partial charge < -0.3 is 9.47 Å². The quantitative estimate of drug-likeness (QED) is 0.201. The smallest absolute Gasteiger partial charge is 0.166 e. The van der Waals surface area contributed by atoms with E-state index in [1.165, 1.54) is 14.7 Å². The minimum Gasteiger partial charge on any atom is -0.489 e. The van der Waals surface area contributed by atoms with Crippen LogP contribution in [0.4, 0.5) is 0 Å². The van der Waals surface area contributed by atoms with Crippen LogP contribution in [0.2, 0.25) is 0 Å². The second-order valence-electron chi connectivity index (χ2n) is 8.11. The number of rotatable bonds is 9. The Hall–Kier alpha value is -3.95. The fourth-order valence-corrected chi connectivity index (χ4v) is 5.85. The van der Waals surface area contributed by atoms with E-state index in [1.54, 1.807) is 0 Å². The summed E-state index contributed by atoms with van der Waals surface area (Å²) in [7, 11) is -0.222. The lowest BCUT2D eigenvalue weighted by molar-refractivity contribution is 0.306. The van der Waals surface area contributed by atoms with Crippen molar-refractivity contribution in [2.75, 3.05) is 0 Å². The zero-order valence-electron chi connectivity index (χ0n) is 19.4. The molecule has 0 aliphatic carbocycles. The van der Waals surface area contributed by atoms with Gasteiger partial charge in [-0.1, -0.05) is 78.9 Å². The third-order valence-corrected chi connectivity index (χ3v) is 7.83. The normalized spacial score (nSPS) is 10.8. The van der Waals surface area contributed by atoms with E-state index in [0.29, 0.717) is 13.2 Å². The second-order valence-corrected chi connectivity index (χ2v) is 10.1. The lowest BCUT2D eigenvalue weighted by Gasteiger charge is -2.11. The Bertz CT molecular complexity index is 1220. The summed E-state index contributed by atoms with van der Waals surface area (Å²) in [5.74, 6) is 1.75. The largest absolute Gasteiger partial charge is 0.489 e. The van der Waals surface area contributed by atoms with Crippen LogP contribution < -0.4 is 9.47 Å². The van der Waals surface area contributed by atoms with Gasteiger partial charge in [-0.15, -0.1) is 0 Å². The number of benzene rings is 5. The van der Waals surface area contributed by atoms with Gasteiger partial charge in [-0.3, -0.25) is 0 Å². The molecule has 0 fully saturated rings. The van der Waals surface area contributed by atoms with Crippen molar-refractivity contribution in [3.05, 3.63) is 151 Å². The maximum absolute atomic E-state index is 6.00. The summed E-state index contributed by atoms with van der Waals surface area (Å²) < 4.78 is 12.0. The van der Waals surface area contributed by atoms with Crippen LogP contribution in [-0.2, 0) is 24.1 Å². The molecule has 0 bridgehead atoms. The van der Waals surface area contributed by atoms with Crippen molar-refractivity contribution < 1.29 is 9.47 Å². The summed E-state index contributed by atoms with van der Waals surface area (Å²) in [6.07, 6.45) is 0. The van der Waals surface area contributed by atoms with Gasteiger partial charge in [-0.25, -0.2) is 0 Å². The molecule has 2 nitrogen and oxygen atoms in total. The lowest BCUT2D eigenvalue weighted by atomic mass is 10.2. The van der Waals surface area contributed by atoms with Crippen molar-refractivity contribution in [3.63, 3.8) is 0 Å². The molecule has 0 aromatic heterocycles. The van der Waals surface area contributed by atoms with Gasteiger partial charge in [0.05, 0.1) is 10.9 Å². The average Bonchev–Trinajstić information content (AvgIpc) is 2.94. The number of hydrogen-bond acceptors (Lipinski definition) is 2. The molecule has 0 amide bonds. The van der Waals surface area contributed by atoms with Gasteiger partial charge in [-0.05, 0) is 71.8 Å². The van der Waals surface area contributed by atoms with Crippen LogP contribution in [0, 0.1) is 0 Å². The maximum Gasteiger partial charge on any atom is 0.166 e. The third-order valence-electron chi connectivity index (χ3n) is 5.59. The summed E-state index contributed by atoms with van der Waals surface area (Å²) in [5, 5.41) is 0. The highest BCUT2D eigenvalue weighted by Gasteiger charge is 2.28. The minimum absolute atomic E-state index is 0.222. The molecule has 35 heavy (non-hydrogen) atoms. The molecule has 0 aliphatic rings. The molecule has 5 aromatic rings. The molecule has 3 heteroatoms. The van der Waals surface area contributed by atoms with Crippen molar-refractivity contribution in [2.45, 2.75) is 27.9 Å². The van der Waals surface area contributed by atoms with Crippen molar-refractivity contribution in [1.29, 1.82) is 0 Å². The average molecular weight is 476 g/mol. The summed E-state index contributed by atoms with van der Waals surface area (Å²) in [6, 6.07) is 48.1. The first-order valence-corrected chi connectivity index (χ1v) is 12.9. The summed E-state index contributed by atoms with van der Waals surface area (Å²) in [6.45, 7) is 1.13. The molecule has 0 heterocycles. The second kappa shape index (κ2) is 11.5. The summed E-state index contributed by atoms with van der Waals surface area (Å²) in [5.41, 5.74) is 2.32. The van der Waals surface area contributed by atoms with E-state index >= 15 is 0 Å². The molecule has 0 saturated heterocycles. The predicted octanol–water partition coefficient (Wildman–Crippen LogP) is 7.94. The lowest BCUT2D eigenvalue weighted by Crippen LogP contribution is -2.05. The van der Waals surface area contributed by atoms with E-state index in [4.69, 9.17) is 9.47 Å². The van der Waals surface area contributed by atoms with E-state index < -0.39 is 0 Å². The van der Waals surface area contributed by atoms with Crippen molar-refractivity contribution in [2.24, 2.45) is 0 Å². The topological polar surface area (TPSA) is 18.5 Å². The molecule has 0 N–H and O–H groups in total. The van der Waals surface area contributed by atoms with Gasteiger partial charge in [0.2, 0.25) is 0 Å². The van der Waals surface area contributed by atoms with Crippen LogP contribution in [0.15, 0.2) is 154 Å². The van der Waals surface area contributed by atoms with E-state index in [-0.39, 0.29) is 10.9 Å². The summed E-state index contributed by atoms with van der Waals surface area (Å²) in [4.78, 5) is 3.78. The van der Waals surface area contributed by atoms with Crippen LogP contribution >= 0.6 is 0 Å². The predicted molar refractivity (Wildman–Crippen MR) is 143 cm³/mol. The molecule has 172 valence electrons. The third kappa shape index (κ3) is 6.14. The monoisotopic (exact) mass is 475 g/mol. The van der Waals surface area contributed by atoms with Crippen LogP contribution in [0.1, 0.15) is 11.1 Å². The zero-order chi connectivity index (χ0) is 23.7. The molecule has 5 rings (SSSR count). The first-order valence-electron chi connectivity index (χ1n) is 11.7. The van der Waals surface area contributed by atoms with E-state index in [1.807, 2.05) is 36.4 Å². The highest BCUT2D eigenvalue weighted by molar-refractivity contribution is 7.97. The highest BCUT2D eigenvalue weighted by Crippen LogP contribution is 2.33. The van der Waals surface area contributed by atoms with Gasteiger partial charge in [-0.2, -0.15) is 0 Å². The molecular weight excluding hydrogens is 448 g/mol. The highest BCUT2D eigenvalue weighted by atomic mass is 32.2. The molecule has 5 aromatic carbocycles. The van der Waals surface area contributed by atoms with Crippen LogP contribution in [0.25, 0.3) is 0 Å². The SMILES string of the molecule is c1ccc(COc2ccc([S+](c3ccccc3)c3ccc(OCc4ccccc4)cc3)cc2)cc1. The minimum atomic E-state index is -0.222. The Morgan fingerprint density at radius 1 is 0.371 bits per heavy atom. The van der Waals surface area contributed by atoms with Gasteiger partial charge in [0.15, 0.2) is 14.7 Å². The van der Waals surface area contributed by atoms with E-state index in [2.05, 4.69) is 103 Å². The molecule has 0 radical (unpaired) electrons. The molecule has 0 saturated carbocycles. The standard InChI is InChI=1S/C32H27O2S/c1-4-10-26(11-5-1)24-33-28-16-20-31(21-17-28)35(30-14-8-3-9-15-30)32-22-18-29(19-23-32)34-25-27-12-6-2-7-13-27/h1-23H,24-25H2/q+1. The fraction of sp³-hybridized carbons (Fsp3) is 0.0625. The first-order chi connectivity index (χ1) is 17.3. The molecular formula is C32H27O2S+. The Balaban J connectivity index is 1.33. The molecule has 0 atom stereocenters. The Morgan fingerprint density at radius 2 is 0.714 bits per heavy atom. The van der Waals surface area contributed by atoms with Gasteiger partial charge in [0.1, 0.15) is 24.7 Å². The molecule has 0 aliphatic heterocycles. The summed E-state index contributed by atoms with van der Waals surface area (Å²) >= 11 is 0. The first kappa shape index (κ1) is 22.8. The molecule has 0 unspecified atom stereocenters. The fourth-order valence-electron chi connectivity index (χ4n) is 3.79. The van der Waals surface area contributed by atoms with Crippen molar-refractivity contribution in [1.82, 2.24) is 0 Å².